The van der Waals surface area contributed by atoms with Crippen molar-refractivity contribution in [2.45, 2.75) is 18.5 Å². The van der Waals surface area contributed by atoms with Crippen LogP contribution in [0.1, 0.15) is 28.6 Å². The van der Waals surface area contributed by atoms with Gasteiger partial charge in [0, 0.05) is 17.8 Å². The second-order valence-electron chi connectivity index (χ2n) is 7.56. The lowest BCUT2D eigenvalue weighted by molar-refractivity contribution is 0.423. The first-order valence-corrected chi connectivity index (χ1v) is 9.83. The molecule has 148 valence electrons. The van der Waals surface area contributed by atoms with Crippen molar-refractivity contribution in [2.75, 3.05) is 0 Å². The molecule has 0 saturated carbocycles. The molecule has 2 unspecified atom stereocenters. The Labute approximate surface area is 174 Å². The van der Waals surface area contributed by atoms with Crippen LogP contribution in [0.4, 0.5) is 0 Å². The summed E-state index contributed by atoms with van der Waals surface area (Å²) in [7, 11) is 0. The molecule has 0 aliphatic carbocycles. The minimum atomic E-state index is -1.06. The number of hydrogen-bond acceptors (Lipinski definition) is 5. The number of para-hydroxylation sites is 1. The van der Waals surface area contributed by atoms with E-state index in [1.54, 1.807) is 6.33 Å². The van der Waals surface area contributed by atoms with Crippen LogP contribution in [0.25, 0.3) is 16.6 Å². The number of imidazole rings is 1. The van der Waals surface area contributed by atoms with Gasteiger partial charge in [0.15, 0.2) is 0 Å². The highest BCUT2D eigenvalue weighted by molar-refractivity contribution is 5.82. The quantitative estimate of drug-likeness (QED) is 0.486. The summed E-state index contributed by atoms with van der Waals surface area (Å²) in [6.45, 7) is 1.97. The smallest absolute Gasteiger partial charge is 0.136 e. The van der Waals surface area contributed by atoms with Crippen LogP contribution in [-0.4, -0.2) is 19.4 Å². The van der Waals surface area contributed by atoms with Crippen molar-refractivity contribution < 1.29 is 0 Å². The fourth-order valence-electron chi connectivity index (χ4n) is 4.09. The first kappa shape index (κ1) is 18.4. The van der Waals surface area contributed by atoms with E-state index in [2.05, 4.69) is 15.0 Å². The van der Waals surface area contributed by atoms with Gasteiger partial charge in [-0.25, -0.2) is 15.0 Å². The minimum absolute atomic E-state index is 0.551. The van der Waals surface area contributed by atoms with Crippen LogP contribution in [0, 0.1) is 6.92 Å². The van der Waals surface area contributed by atoms with Gasteiger partial charge < -0.3 is 15.9 Å². The fourth-order valence-corrected chi connectivity index (χ4v) is 4.09. The van der Waals surface area contributed by atoms with Crippen LogP contribution >= 0.6 is 0 Å². The second-order valence-corrected chi connectivity index (χ2v) is 7.56. The van der Waals surface area contributed by atoms with Crippen LogP contribution in [0.3, 0.4) is 0 Å². The summed E-state index contributed by atoms with van der Waals surface area (Å²) in [4.78, 5) is 13.5. The van der Waals surface area contributed by atoms with Crippen LogP contribution in [0.15, 0.2) is 85.5 Å². The van der Waals surface area contributed by atoms with E-state index in [4.69, 9.17) is 11.5 Å². The largest absolute Gasteiger partial charge is 0.322 e. The van der Waals surface area contributed by atoms with Crippen LogP contribution in [0.2, 0.25) is 0 Å². The third-order valence-corrected chi connectivity index (χ3v) is 5.63. The lowest BCUT2D eigenvalue weighted by atomic mass is 9.77. The summed E-state index contributed by atoms with van der Waals surface area (Å²) < 4.78 is 1.98. The monoisotopic (exact) mass is 394 g/mol. The number of aryl methyl sites for hydroxylation is 1. The van der Waals surface area contributed by atoms with Gasteiger partial charge in [0.2, 0.25) is 0 Å². The van der Waals surface area contributed by atoms with Gasteiger partial charge in [-0.1, -0.05) is 54.6 Å². The Balaban J connectivity index is 1.75. The first-order valence-electron chi connectivity index (χ1n) is 9.83. The Morgan fingerprint density at radius 1 is 0.900 bits per heavy atom. The third kappa shape index (κ3) is 2.85. The third-order valence-electron chi connectivity index (χ3n) is 5.63. The van der Waals surface area contributed by atoms with Crippen LogP contribution < -0.4 is 11.5 Å². The Bertz CT molecular complexity index is 1340. The zero-order valence-electron chi connectivity index (χ0n) is 16.6. The molecule has 0 radical (unpaired) electrons. The van der Waals surface area contributed by atoms with E-state index < -0.39 is 11.6 Å². The molecule has 5 rings (SSSR count). The van der Waals surface area contributed by atoms with Crippen molar-refractivity contribution in [2.24, 2.45) is 11.5 Å². The first-order chi connectivity index (χ1) is 14.6. The van der Waals surface area contributed by atoms with Crippen molar-refractivity contribution >= 4 is 16.6 Å². The van der Waals surface area contributed by atoms with Gasteiger partial charge in [-0.2, -0.15) is 0 Å². The molecule has 0 spiro atoms. The fraction of sp³-hybridized carbons (Fsp3) is 0.125. The molecule has 0 aliphatic rings. The van der Waals surface area contributed by atoms with Crippen LogP contribution in [-0.2, 0) is 5.54 Å². The molecule has 2 aromatic carbocycles. The number of benzene rings is 2. The highest BCUT2D eigenvalue weighted by Gasteiger charge is 2.40. The molecule has 6 heteroatoms. The highest BCUT2D eigenvalue weighted by atomic mass is 15.0. The molecule has 6 nitrogen and oxygen atoms in total. The minimum Gasteiger partial charge on any atom is -0.322 e. The normalized spacial score (nSPS) is 14.6. The summed E-state index contributed by atoms with van der Waals surface area (Å²) in [5.41, 5.74) is 18.2. The SMILES string of the molecule is Cc1cn2cc(C(N)C(N)(c3ccccc3)c3ncnc4ccccc34)ccc2n1. The van der Waals surface area contributed by atoms with E-state index in [1.165, 1.54) is 0 Å². The molecule has 3 aromatic heterocycles. The van der Waals surface area contributed by atoms with E-state index in [-0.39, 0.29) is 0 Å². The van der Waals surface area contributed by atoms with Gasteiger partial charge >= 0.3 is 0 Å². The lowest BCUT2D eigenvalue weighted by Gasteiger charge is -2.36. The van der Waals surface area contributed by atoms with Crippen molar-refractivity contribution in [3.05, 3.63) is 108 Å². The summed E-state index contributed by atoms with van der Waals surface area (Å²) in [6, 6.07) is 21.2. The number of nitrogens with two attached hydrogens (primary N) is 2. The van der Waals surface area contributed by atoms with Gasteiger partial charge in [-0.05, 0) is 30.2 Å². The molecule has 0 saturated heterocycles. The molecule has 0 bridgehead atoms. The van der Waals surface area contributed by atoms with E-state index in [0.717, 1.165) is 33.4 Å². The Kier molecular flexibility index (Phi) is 4.31. The van der Waals surface area contributed by atoms with E-state index in [1.807, 2.05) is 90.4 Å². The summed E-state index contributed by atoms with van der Waals surface area (Å²) in [5.74, 6) is 0. The zero-order chi connectivity index (χ0) is 20.7. The number of hydrogen-bond donors (Lipinski definition) is 2. The van der Waals surface area contributed by atoms with E-state index >= 15 is 0 Å². The molecular formula is C24H22N6. The Hall–Kier alpha value is -3.61. The maximum Gasteiger partial charge on any atom is 0.136 e. The van der Waals surface area contributed by atoms with E-state index in [0.29, 0.717) is 5.69 Å². The summed E-state index contributed by atoms with van der Waals surface area (Å²) in [5, 5.41) is 0.890. The van der Waals surface area contributed by atoms with Crippen molar-refractivity contribution in [3.8, 4) is 0 Å². The molecule has 0 fully saturated rings. The molecule has 2 atom stereocenters. The summed E-state index contributed by atoms with van der Waals surface area (Å²) in [6.07, 6.45) is 5.53. The maximum absolute atomic E-state index is 7.19. The molecule has 0 aliphatic heterocycles. The van der Waals surface area contributed by atoms with Gasteiger partial charge in [0.05, 0.1) is 22.9 Å². The van der Waals surface area contributed by atoms with E-state index in [9.17, 15) is 0 Å². The van der Waals surface area contributed by atoms with Gasteiger partial charge in [-0.15, -0.1) is 0 Å². The predicted octanol–water partition coefficient (Wildman–Crippen LogP) is 3.49. The molecular weight excluding hydrogens is 372 g/mol. The number of rotatable bonds is 4. The van der Waals surface area contributed by atoms with Crippen LogP contribution in [0.5, 0.6) is 0 Å². The number of fused-ring (bicyclic) bond motifs is 2. The van der Waals surface area contributed by atoms with Gasteiger partial charge in [0.1, 0.15) is 17.5 Å². The average Bonchev–Trinajstić information content (AvgIpc) is 3.17. The van der Waals surface area contributed by atoms with Gasteiger partial charge in [0.25, 0.3) is 0 Å². The average molecular weight is 394 g/mol. The Morgan fingerprint density at radius 2 is 1.67 bits per heavy atom. The van der Waals surface area contributed by atoms with Crippen molar-refractivity contribution in [3.63, 3.8) is 0 Å². The zero-order valence-corrected chi connectivity index (χ0v) is 16.6. The topological polar surface area (TPSA) is 95.1 Å². The predicted molar refractivity (Wildman–Crippen MR) is 118 cm³/mol. The maximum atomic E-state index is 7.19. The lowest BCUT2D eigenvalue weighted by Crippen LogP contribution is -2.48. The molecule has 5 aromatic rings. The second kappa shape index (κ2) is 7.02. The number of pyridine rings is 1. The molecule has 4 N–H and O–H groups in total. The highest BCUT2D eigenvalue weighted by Crippen LogP contribution is 2.39. The molecule has 0 amide bonds. The Morgan fingerprint density at radius 3 is 2.50 bits per heavy atom. The standard InChI is InChI=1S/C24H22N6/c1-16-13-30-14-17(11-12-21(30)29-16)22(25)24(26,18-7-3-2-4-8-18)23-19-9-5-6-10-20(19)27-15-28-23/h2-15,22H,25-26H2,1H3. The number of nitrogens with zero attached hydrogens (tertiary/aromatic N) is 4. The number of aromatic nitrogens is 4. The molecule has 30 heavy (non-hydrogen) atoms. The van der Waals surface area contributed by atoms with Crippen molar-refractivity contribution in [1.29, 1.82) is 0 Å². The van der Waals surface area contributed by atoms with Crippen molar-refractivity contribution in [1.82, 2.24) is 19.4 Å². The van der Waals surface area contributed by atoms with Gasteiger partial charge in [-0.3, -0.25) is 0 Å². The summed E-state index contributed by atoms with van der Waals surface area (Å²) >= 11 is 0. The molecule has 3 heterocycles.